The first-order valence-electron chi connectivity index (χ1n) is 5.22. The van der Waals surface area contributed by atoms with Gasteiger partial charge in [0.2, 0.25) is 0 Å². The molecule has 0 aromatic carbocycles. The first kappa shape index (κ1) is 18.7. The first-order chi connectivity index (χ1) is 8.89. The molecule has 0 saturated heterocycles. The summed E-state index contributed by atoms with van der Waals surface area (Å²) in [6, 6.07) is 0. The van der Waals surface area contributed by atoms with Gasteiger partial charge in [0, 0.05) is 0 Å². The van der Waals surface area contributed by atoms with Crippen LogP contribution in [0.5, 0.6) is 0 Å². The van der Waals surface area contributed by atoms with E-state index < -0.39 is 36.4 Å². The average Bonchev–Trinajstić information content (AvgIpc) is 2.29. The largest absolute Gasteiger partial charge is 0.448 e. The predicted molar refractivity (Wildman–Crippen MR) is 75.2 cm³/mol. The zero-order chi connectivity index (χ0) is 14.9. The number of carbonyl (C=O) groups excluding carboxylic acids is 3. The van der Waals surface area contributed by atoms with Crippen LogP contribution >= 0.6 is 26.4 Å². The van der Waals surface area contributed by atoms with E-state index in [9.17, 15) is 19.5 Å². The maximum absolute atomic E-state index is 11.7. The quantitative estimate of drug-likeness (QED) is 0.519. The summed E-state index contributed by atoms with van der Waals surface area (Å²) < 4.78 is 14.1. The van der Waals surface area contributed by atoms with Gasteiger partial charge in [0.15, 0.2) is 5.60 Å². The van der Waals surface area contributed by atoms with Crippen LogP contribution in [0.2, 0.25) is 0 Å². The Morgan fingerprint density at radius 3 is 1.58 bits per heavy atom. The van der Waals surface area contributed by atoms with Crippen LogP contribution in [0.4, 0.5) is 0 Å². The van der Waals surface area contributed by atoms with E-state index in [0.717, 1.165) is 0 Å². The van der Waals surface area contributed by atoms with Crippen molar-refractivity contribution in [3.63, 3.8) is 0 Å². The molecule has 0 aliphatic carbocycles. The van der Waals surface area contributed by atoms with E-state index in [1.54, 1.807) is 20.0 Å². The van der Waals surface area contributed by atoms with Gasteiger partial charge in [0.25, 0.3) is 0 Å². The predicted octanol–water partition coefficient (Wildman–Crippen LogP) is 0.797. The fourth-order valence-corrected chi connectivity index (χ4v) is 2.15. The number of hydrogen-bond acceptors (Lipinski definition) is 7. The highest BCUT2D eigenvalue weighted by molar-refractivity contribution is 7.32. The van der Waals surface area contributed by atoms with Crippen LogP contribution in [0, 0.1) is 0 Å². The number of carbonyl (C=O) groups is 3. The minimum atomic E-state index is -2.24. The molecule has 7 nitrogen and oxygen atoms in total. The van der Waals surface area contributed by atoms with E-state index in [0.29, 0.717) is 0 Å². The van der Waals surface area contributed by atoms with Gasteiger partial charge in [-0.3, -0.25) is 9.59 Å². The molecule has 0 amide bonds. The van der Waals surface area contributed by atoms with E-state index in [4.69, 9.17) is 4.52 Å². The summed E-state index contributed by atoms with van der Waals surface area (Å²) in [5, 5.41) is 10.1. The average molecular weight is 330 g/mol. The second-order valence-electron chi connectivity index (χ2n) is 3.34. The van der Waals surface area contributed by atoms with Gasteiger partial charge in [-0.1, -0.05) is 0 Å². The monoisotopic (exact) mass is 330 g/mol. The Bertz CT molecular complexity index is 314. The van der Waals surface area contributed by atoms with E-state index >= 15 is 0 Å². The second-order valence-corrected chi connectivity index (χ2v) is 5.17. The van der Waals surface area contributed by atoms with Crippen LogP contribution in [0.1, 0.15) is 12.8 Å². The Labute approximate surface area is 116 Å². The van der Waals surface area contributed by atoms with Crippen molar-refractivity contribution < 1.29 is 33.1 Å². The highest BCUT2D eigenvalue weighted by Gasteiger charge is 2.43. The molecule has 10 heteroatoms. The minimum Gasteiger partial charge on any atom is -0.448 e. The summed E-state index contributed by atoms with van der Waals surface area (Å²) in [4.78, 5) is 34.4. The van der Waals surface area contributed by atoms with Gasteiger partial charge in [0.05, 0.1) is 39.3 Å². The Morgan fingerprint density at radius 1 is 0.895 bits per heavy atom. The second kappa shape index (κ2) is 9.55. The van der Waals surface area contributed by atoms with Crippen molar-refractivity contribution in [2.24, 2.45) is 0 Å². The molecule has 0 spiro atoms. The summed E-state index contributed by atoms with van der Waals surface area (Å²) in [6.07, 6.45) is -1.28. The lowest BCUT2D eigenvalue weighted by atomic mass is 9.96. The van der Waals surface area contributed by atoms with Crippen molar-refractivity contribution in [3.8, 4) is 0 Å². The fraction of sp³-hybridized carbons (Fsp3) is 0.667. The molecule has 0 saturated carbocycles. The third-order valence-corrected chi connectivity index (χ3v) is 3.13. The summed E-state index contributed by atoms with van der Waals surface area (Å²) in [7, 11) is -0.426. The summed E-state index contributed by atoms with van der Waals surface area (Å²) in [6.45, 7) is 4.82. The van der Waals surface area contributed by atoms with Gasteiger partial charge in [-0.05, 0) is 20.0 Å². The third-order valence-electron chi connectivity index (χ3n) is 1.88. The van der Waals surface area contributed by atoms with Crippen LogP contribution in [-0.2, 0) is 28.0 Å². The third kappa shape index (κ3) is 7.12. The van der Waals surface area contributed by atoms with Gasteiger partial charge >= 0.3 is 17.9 Å². The Hall–Kier alpha value is -0.340. The Kier molecular flexibility index (Phi) is 9.38. The lowest BCUT2D eigenvalue weighted by molar-refractivity contribution is -0.165. The fourth-order valence-electron chi connectivity index (χ4n) is 1.17. The SMILES string of the molecule is CPOC(=O)CC(O)(CC(=O)OPC)C(=O)OPC. The Balaban J connectivity index is 4.85. The van der Waals surface area contributed by atoms with E-state index in [2.05, 4.69) is 9.05 Å². The zero-order valence-corrected chi connectivity index (χ0v) is 13.8. The van der Waals surface area contributed by atoms with Crippen LogP contribution < -0.4 is 0 Å². The minimum absolute atomic E-state index is 0.111. The highest BCUT2D eigenvalue weighted by atomic mass is 31.1. The van der Waals surface area contributed by atoms with E-state index in [1.165, 1.54) is 0 Å². The van der Waals surface area contributed by atoms with Crippen molar-refractivity contribution in [2.45, 2.75) is 18.4 Å². The molecule has 0 aromatic rings. The number of rotatable bonds is 8. The van der Waals surface area contributed by atoms with Crippen LogP contribution in [-0.4, -0.2) is 48.6 Å². The van der Waals surface area contributed by atoms with Gasteiger partial charge < -0.3 is 18.7 Å². The van der Waals surface area contributed by atoms with Crippen molar-refractivity contribution in [3.05, 3.63) is 0 Å². The molecule has 0 fully saturated rings. The molecular weight excluding hydrogens is 313 g/mol. The number of aliphatic hydroxyl groups is 1. The molecule has 0 aliphatic rings. The smallest absolute Gasteiger partial charge is 0.341 e. The highest BCUT2D eigenvalue weighted by Crippen LogP contribution is 2.25. The first-order valence-corrected chi connectivity index (χ1v) is 9.45. The Morgan fingerprint density at radius 2 is 1.26 bits per heavy atom. The standard InChI is InChI=1S/C9H17O7P3/c1-17-14-6(10)4-9(13,8(12)16-19-3)5-7(11)15-18-2/h13,17-19H,4-5H2,1-3H3. The van der Waals surface area contributed by atoms with Crippen LogP contribution in [0.15, 0.2) is 0 Å². The van der Waals surface area contributed by atoms with Gasteiger partial charge in [-0.15, -0.1) is 0 Å². The topological polar surface area (TPSA) is 99.1 Å². The van der Waals surface area contributed by atoms with Crippen LogP contribution in [0.25, 0.3) is 0 Å². The maximum atomic E-state index is 11.7. The summed E-state index contributed by atoms with van der Waals surface area (Å²) >= 11 is 0. The lowest BCUT2D eigenvalue weighted by Crippen LogP contribution is -2.43. The molecule has 0 heterocycles. The van der Waals surface area contributed by atoms with Crippen molar-refractivity contribution in [2.75, 3.05) is 20.0 Å². The zero-order valence-electron chi connectivity index (χ0n) is 10.8. The molecule has 0 bridgehead atoms. The van der Waals surface area contributed by atoms with Gasteiger partial charge in [0.1, 0.15) is 0 Å². The van der Waals surface area contributed by atoms with Gasteiger partial charge in [-0.25, -0.2) is 4.79 Å². The van der Waals surface area contributed by atoms with Crippen molar-refractivity contribution in [1.82, 2.24) is 0 Å². The number of hydrogen-bond donors (Lipinski definition) is 1. The van der Waals surface area contributed by atoms with Crippen molar-refractivity contribution >= 4 is 44.3 Å². The molecule has 3 unspecified atom stereocenters. The summed E-state index contributed by atoms with van der Waals surface area (Å²) in [5.74, 6) is -2.57. The molecular formula is C9H17O7P3. The van der Waals surface area contributed by atoms with Gasteiger partial charge in [-0.2, -0.15) is 0 Å². The van der Waals surface area contributed by atoms with E-state index in [-0.39, 0.29) is 26.4 Å². The molecule has 0 rings (SSSR count). The van der Waals surface area contributed by atoms with E-state index in [1.807, 2.05) is 0 Å². The van der Waals surface area contributed by atoms with Crippen LogP contribution in [0.3, 0.4) is 0 Å². The summed E-state index contributed by atoms with van der Waals surface area (Å²) in [5.41, 5.74) is -2.24. The molecule has 19 heavy (non-hydrogen) atoms. The molecule has 0 radical (unpaired) electrons. The molecule has 110 valence electrons. The molecule has 3 atom stereocenters. The van der Waals surface area contributed by atoms with Crippen molar-refractivity contribution in [1.29, 1.82) is 0 Å². The molecule has 0 aromatic heterocycles. The maximum Gasteiger partial charge on any atom is 0.341 e. The molecule has 0 aliphatic heterocycles. The lowest BCUT2D eigenvalue weighted by Gasteiger charge is -2.23. The normalized spacial score (nSPS) is 15.2. The molecule has 1 N–H and O–H groups in total.